The van der Waals surface area contributed by atoms with Gasteiger partial charge >= 0.3 is 0 Å². The molecule has 2 aromatic carbocycles. The molecule has 1 atom stereocenters. The number of rotatable bonds is 4. The van der Waals surface area contributed by atoms with Crippen LogP contribution in [0.2, 0.25) is 0 Å². The number of para-hydroxylation sites is 1. The fraction of sp³-hybridized carbons (Fsp3) is 0.381. The summed E-state index contributed by atoms with van der Waals surface area (Å²) in [6, 6.07) is 16.8. The molecule has 0 aliphatic carbocycles. The van der Waals surface area contributed by atoms with Gasteiger partial charge < -0.3 is 9.64 Å². The van der Waals surface area contributed by atoms with Crippen LogP contribution < -0.4 is 4.74 Å². The Bertz CT molecular complexity index is 921. The van der Waals surface area contributed by atoms with Gasteiger partial charge in [-0.05, 0) is 42.8 Å². The topological polar surface area (TPSA) is 66.9 Å². The summed E-state index contributed by atoms with van der Waals surface area (Å²) >= 11 is 0. The molecule has 0 radical (unpaired) electrons. The fourth-order valence-electron chi connectivity index (χ4n) is 3.83. The first-order valence-corrected chi connectivity index (χ1v) is 11.4. The van der Waals surface area contributed by atoms with Gasteiger partial charge in [0.2, 0.25) is 0 Å². The molecular formula is C21H24N2O4S. The van der Waals surface area contributed by atoms with Crippen LogP contribution in [0.3, 0.4) is 0 Å². The van der Waals surface area contributed by atoms with Gasteiger partial charge in [0.1, 0.15) is 11.5 Å². The number of benzene rings is 2. The van der Waals surface area contributed by atoms with Crippen molar-refractivity contribution >= 4 is 15.7 Å². The Morgan fingerprint density at radius 3 is 2.14 bits per heavy atom. The van der Waals surface area contributed by atoms with Crippen molar-refractivity contribution in [3.05, 3.63) is 60.2 Å². The van der Waals surface area contributed by atoms with E-state index in [1.165, 1.54) is 0 Å². The summed E-state index contributed by atoms with van der Waals surface area (Å²) in [4.78, 5) is 16.8. The summed E-state index contributed by atoms with van der Waals surface area (Å²) in [5.41, 5.74) is 0.636. The first-order valence-electron chi connectivity index (χ1n) is 9.57. The average molecular weight is 401 g/mol. The number of hydrogen-bond donors (Lipinski definition) is 0. The molecule has 0 saturated carbocycles. The molecule has 0 N–H and O–H groups in total. The third kappa shape index (κ3) is 4.36. The second kappa shape index (κ2) is 7.93. The zero-order chi connectivity index (χ0) is 19.6. The minimum atomic E-state index is -2.88. The Balaban J connectivity index is 1.32. The smallest absolute Gasteiger partial charge is 0.253 e. The van der Waals surface area contributed by atoms with E-state index in [1.807, 2.05) is 35.2 Å². The number of piperazine rings is 1. The lowest BCUT2D eigenvalue weighted by Crippen LogP contribution is -2.52. The minimum Gasteiger partial charge on any atom is -0.457 e. The molecule has 2 aliphatic rings. The fourth-order valence-corrected chi connectivity index (χ4v) is 5.59. The first-order chi connectivity index (χ1) is 13.5. The van der Waals surface area contributed by atoms with E-state index >= 15 is 0 Å². The van der Waals surface area contributed by atoms with Crippen molar-refractivity contribution in [2.75, 3.05) is 37.7 Å². The highest BCUT2D eigenvalue weighted by atomic mass is 32.2. The lowest BCUT2D eigenvalue weighted by atomic mass is 10.1. The Morgan fingerprint density at radius 2 is 1.54 bits per heavy atom. The summed E-state index contributed by atoms with van der Waals surface area (Å²) in [7, 11) is -2.88. The molecule has 1 amide bonds. The highest BCUT2D eigenvalue weighted by Crippen LogP contribution is 2.23. The molecule has 0 spiro atoms. The van der Waals surface area contributed by atoms with Gasteiger partial charge in [-0.15, -0.1) is 0 Å². The third-order valence-electron chi connectivity index (χ3n) is 5.41. The lowest BCUT2D eigenvalue weighted by molar-refractivity contribution is 0.0588. The predicted octanol–water partition coefficient (Wildman–Crippen LogP) is 2.42. The van der Waals surface area contributed by atoms with Crippen molar-refractivity contribution in [1.82, 2.24) is 9.80 Å². The van der Waals surface area contributed by atoms with E-state index in [0.717, 1.165) is 18.8 Å². The van der Waals surface area contributed by atoms with Gasteiger partial charge in [-0.2, -0.15) is 0 Å². The van der Waals surface area contributed by atoms with Crippen molar-refractivity contribution in [2.24, 2.45) is 0 Å². The summed E-state index contributed by atoms with van der Waals surface area (Å²) in [6.07, 6.45) is 0.707. The molecule has 6 nitrogen and oxygen atoms in total. The van der Waals surface area contributed by atoms with E-state index in [9.17, 15) is 13.2 Å². The molecule has 4 rings (SSSR count). The van der Waals surface area contributed by atoms with Crippen LogP contribution in [0.25, 0.3) is 0 Å². The molecule has 2 aromatic rings. The summed E-state index contributed by atoms with van der Waals surface area (Å²) in [6.45, 7) is 2.69. The van der Waals surface area contributed by atoms with Crippen LogP contribution >= 0.6 is 0 Å². The number of carbonyl (C=O) groups excluding carboxylic acids is 1. The lowest BCUT2D eigenvalue weighted by Gasteiger charge is -2.37. The molecule has 28 heavy (non-hydrogen) atoms. The van der Waals surface area contributed by atoms with Crippen LogP contribution in [-0.4, -0.2) is 67.9 Å². The Hall–Kier alpha value is -2.38. The van der Waals surface area contributed by atoms with E-state index in [2.05, 4.69) is 4.90 Å². The summed E-state index contributed by atoms with van der Waals surface area (Å²) < 4.78 is 29.1. The molecule has 148 valence electrons. The summed E-state index contributed by atoms with van der Waals surface area (Å²) in [5.74, 6) is 1.99. The van der Waals surface area contributed by atoms with E-state index in [-0.39, 0.29) is 23.5 Å². The van der Waals surface area contributed by atoms with Gasteiger partial charge in [0.25, 0.3) is 5.91 Å². The maximum Gasteiger partial charge on any atom is 0.253 e. The third-order valence-corrected chi connectivity index (χ3v) is 7.16. The molecule has 2 saturated heterocycles. The molecule has 0 aromatic heterocycles. The quantitative estimate of drug-likeness (QED) is 0.789. The van der Waals surface area contributed by atoms with Crippen molar-refractivity contribution in [2.45, 2.75) is 12.5 Å². The van der Waals surface area contributed by atoms with Crippen molar-refractivity contribution in [3.8, 4) is 11.5 Å². The molecule has 0 bridgehead atoms. The van der Waals surface area contributed by atoms with Crippen molar-refractivity contribution in [3.63, 3.8) is 0 Å². The van der Waals surface area contributed by atoms with Crippen molar-refractivity contribution < 1.29 is 17.9 Å². The molecule has 7 heteroatoms. The van der Waals surface area contributed by atoms with Gasteiger partial charge in [-0.3, -0.25) is 9.69 Å². The maximum atomic E-state index is 12.8. The zero-order valence-electron chi connectivity index (χ0n) is 15.7. The van der Waals surface area contributed by atoms with E-state index < -0.39 is 9.84 Å². The first kappa shape index (κ1) is 19.0. The summed E-state index contributed by atoms with van der Waals surface area (Å²) in [5, 5.41) is 0. The number of amides is 1. The van der Waals surface area contributed by atoms with E-state index in [4.69, 9.17) is 4.74 Å². The van der Waals surface area contributed by atoms with Gasteiger partial charge in [0, 0.05) is 37.8 Å². The van der Waals surface area contributed by atoms with E-state index in [1.54, 1.807) is 24.3 Å². The molecule has 2 heterocycles. The Kier molecular flexibility index (Phi) is 5.37. The SMILES string of the molecule is O=C(c1ccc(Oc2ccccc2)cc1)N1CCN(C2CCS(=O)(=O)C2)CC1. The molecule has 2 aliphatic heterocycles. The van der Waals surface area contributed by atoms with E-state index in [0.29, 0.717) is 30.8 Å². The van der Waals surface area contributed by atoms with Gasteiger partial charge in [0.05, 0.1) is 11.5 Å². The Labute approximate surface area is 165 Å². The predicted molar refractivity (Wildman–Crippen MR) is 107 cm³/mol. The number of sulfone groups is 1. The van der Waals surface area contributed by atoms with Gasteiger partial charge in [0.15, 0.2) is 9.84 Å². The largest absolute Gasteiger partial charge is 0.457 e. The standard InChI is InChI=1S/C21H24N2O4S/c24-21(17-6-8-20(9-7-17)27-19-4-2-1-3-5-19)23-13-11-22(12-14-23)18-10-15-28(25,26)16-18/h1-9,18H,10-16H2. The zero-order valence-corrected chi connectivity index (χ0v) is 16.5. The average Bonchev–Trinajstić information content (AvgIpc) is 3.09. The number of carbonyl (C=O) groups is 1. The Morgan fingerprint density at radius 1 is 0.893 bits per heavy atom. The second-order valence-corrected chi connectivity index (χ2v) is 9.55. The highest BCUT2D eigenvalue weighted by molar-refractivity contribution is 7.91. The molecular weight excluding hydrogens is 376 g/mol. The van der Waals surface area contributed by atoms with Crippen LogP contribution in [-0.2, 0) is 9.84 Å². The van der Waals surface area contributed by atoms with Crippen LogP contribution in [0.4, 0.5) is 0 Å². The number of nitrogens with zero attached hydrogens (tertiary/aromatic N) is 2. The molecule has 1 unspecified atom stereocenters. The molecule has 2 fully saturated rings. The van der Waals surface area contributed by atoms with Crippen LogP contribution in [0, 0.1) is 0 Å². The van der Waals surface area contributed by atoms with Crippen LogP contribution in [0.1, 0.15) is 16.8 Å². The normalized spacial score (nSPS) is 22.1. The minimum absolute atomic E-state index is 0.00459. The van der Waals surface area contributed by atoms with Crippen molar-refractivity contribution in [1.29, 1.82) is 0 Å². The highest BCUT2D eigenvalue weighted by Gasteiger charge is 2.34. The number of hydrogen-bond acceptors (Lipinski definition) is 5. The van der Waals surface area contributed by atoms with Crippen LogP contribution in [0.5, 0.6) is 11.5 Å². The van der Waals surface area contributed by atoms with Gasteiger partial charge in [-0.25, -0.2) is 8.42 Å². The number of ether oxygens (including phenoxy) is 1. The van der Waals surface area contributed by atoms with Gasteiger partial charge in [-0.1, -0.05) is 18.2 Å². The maximum absolute atomic E-state index is 12.8. The van der Waals surface area contributed by atoms with Crippen LogP contribution in [0.15, 0.2) is 54.6 Å². The monoisotopic (exact) mass is 400 g/mol. The second-order valence-electron chi connectivity index (χ2n) is 7.32.